The van der Waals surface area contributed by atoms with Crippen molar-refractivity contribution in [2.45, 2.75) is 6.04 Å². The van der Waals surface area contributed by atoms with Crippen molar-refractivity contribution in [3.63, 3.8) is 0 Å². The van der Waals surface area contributed by atoms with E-state index in [9.17, 15) is 0 Å². The molecule has 12 heavy (non-hydrogen) atoms. The zero-order chi connectivity index (χ0) is 8.39. The fourth-order valence-corrected chi connectivity index (χ4v) is 0.986. The summed E-state index contributed by atoms with van der Waals surface area (Å²) in [6.07, 6.45) is 3.20. The summed E-state index contributed by atoms with van der Waals surface area (Å²) in [7, 11) is 0. The van der Waals surface area contributed by atoms with Gasteiger partial charge in [0.1, 0.15) is 0 Å². The molecule has 0 atom stereocenters. The first-order valence-electron chi connectivity index (χ1n) is 3.89. The molecule has 2 heterocycles. The third-order valence-corrected chi connectivity index (χ3v) is 1.79. The largest absolute Gasteiger partial charge is 0.396 e. The van der Waals surface area contributed by atoms with Crippen LogP contribution in [0.4, 0.5) is 11.6 Å². The van der Waals surface area contributed by atoms with Crippen LogP contribution in [0.1, 0.15) is 0 Å². The normalized spacial score (nSPS) is 17.0. The molecule has 1 fully saturated rings. The number of nitrogen functional groups attached to an aromatic ring is 1. The Kier molecular flexibility index (Phi) is 1.79. The standard InChI is InChI=1S/C7H11N5/c8-5-1-10-7(11-2-5)12-6-3-9-4-6/h1-2,6,9H,3-4,8H2,(H,10,11,12). The van der Waals surface area contributed by atoms with E-state index in [-0.39, 0.29) is 0 Å². The Morgan fingerprint density at radius 3 is 2.58 bits per heavy atom. The smallest absolute Gasteiger partial charge is 0.223 e. The average molecular weight is 165 g/mol. The Morgan fingerprint density at radius 1 is 1.42 bits per heavy atom. The van der Waals surface area contributed by atoms with Gasteiger partial charge in [-0.15, -0.1) is 0 Å². The van der Waals surface area contributed by atoms with Gasteiger partial charge in [0, 0.05) is 13.1 Å². The minimum atomic E-state index is 0.466. The van der Waals surface area contributed by atoms with Crippen molar-refractivity contribution in [3.8, 4) is 0 Å². The van der Waals surface area contributed by atoms with Gasteiger partial charge >= 0.3 is 0 Å². The van der Waals surface area contributed by atoms with Gasteiger partial charge in [-0.1, -0.05) is 0 Å². The number of rotatable bonds is 2. The molecule has 5 heteroatoms. The van der Waals surface area contributed by atoms with Gasteiger partial charge in [-0.3, -0.25) is 0 Å². The van der Waals surface area contributed by atoms with Crippen LogP contribution in [0.15, 0.2) is 12.4 Å². The molecule has 1 aliphatic rings. The van der Waals surface area contributed by atoms with Gasteiger partial charge in [0.25, 0.3) is 0 Å². The van der Waals surface area contributed by atoms with Crippen LogP contribution in [0.5, 0.6) is 0 Å². The highest BCUT2D eigenvalue weighted by molar-refractivity contribution is 5.36. The first-order chi connectivity index (χ1) is 5.84. The summed E-state index contributed by atoms with van der Waals surface area (Å²) >= 11 is 0. The first kappa shape index (κ1) is 7.30. The second-order valence-corrected chi connectivity index (χ2v) is 2.84. The van der Waals surface area contributed by atoms with Crippen molar-refractivity contribution in [1.29, 1.82) is 0 Å². The van der Waals surface area contributed by atoms with Crippen LogP contribution in [0.3, 0.4) is 0 Å². The molecule has 0 aliphatic carbocycles. The molecule has 0 aromatic carbocycles. The van der Waals surface area contributed by atoms with Crippen LogP contribution in [0.25, 0.3) is 0 Å². The number of anilines is 2. The van der Waals surface area contributed by atoms with Gasteiger partial charge in [-0.25, -0.2) is 9.97 Å². The molecule has 0 bridgehead atoms. The van der Waals surface area contributed by atoms with E-state index in [1.165, 1.54) is 0 Å². The highest BCUT2D eigenvalue weighted by Crippen LogP contribution is 2.04. The SMILES string of the molecule is Nc1cnc(NC2CNC2)nc1. The quantitative estimate of drug-likeness (QED) is 0.548. The molecule has 1 aliphatic heterocycles. The maximum atomic E-state index is 5.44. The number of nitrogens with zero attached hydrogens (tertiary/aromatic N) is 2. The van der Waals surface area contributed by atoms with Crippen LogP contribution < -0.4 is 16.4 Å². The topological polar surface area (TPSA) is 75.9 Å². The van der Waals surface area contributed by atoms with E-state index >= 15 is 0 Å². The Morgan fingerprint density at radius 2 is 2.08 bits per heavy atom. The number of hydrogen-bond donors (Lipinski definition) is 3. The Labute approximate surface area is 70.4 Å². The number of nitrogens with one attached hydrogen (secondary N) is 2. The molecule has 0 radical (unpaired) electrons. The van der Waals surface area contributed by atoms with Crippen molar-refractivity contribution >= 4 is 11.6 Å². The van der Waals surface area contributed by atoms with Crippen molar-refractivity contribution in [2.75, 3.05) is 24.1 Å². The van der Waals surface area contributed by atoms with E-state index in [0.717, 1.165) is 13.1 Å². The molecule has 1 saturated heterocycles. The van der Waals surface area contributed by atoms with Crippen LogP contribution in [-0.2, 0) is 0 Å². The van der Waals surface area contributed by atoms with Crippen LogP contribution in [-0.4, -0.2) is 29.1 Å². The molecule has 1 aromatic rings. The van der Waals surface area contributed by atoms with E-state index < -0.39 is 0 Å². The van der Waals surface area contributed by atoms with Crippen molar-refractivity contribution in [1.82, 2.24) is 15.3 Å². The monoisotopic (exact) mass is 165 g/mol. The van der Waals surface area contributed by atoms with E-state index in [4.69, 9.17) is 5.73 Å². The third kappa shape index (κ3) is 1.45. The Bertz CT molecular complexity index is 253. The summed E-state index contributed by atoms with van der Waals surface area (Å²) < 4.78 is 0. The molecular weight excluding hydrogens is 154 g/mol. The summed E-state index contributed by atoms with van der Waals surface area (Å²) in [5, 5.41) is 6.32. The van der Waals surface area contributed by atoms with Gasteiger partial charge in [-0.2, -0.15) is 0 Å². The lowest BCUT2D eigenvalue weighted by Crippen LogP contribution is -2.51. The zero-order valence-corrected chi connectivity index (χ0v) is 6.62. The Balaban J connectivity index is 1.98. The summed E-state index contributed by atoms with van der Waals surface area (Å²) in [6, 6.07) is 0.466. The lowest BCUT2D eigenvalue weighted by Gasteiger charge is -2.27. The summed E-state index contributed by atoms with van der Waals surface area (Å²) in [5.74, 6) is 0.649. The molecular formula is C7H11N5. The minimum absolute atomic E-state index is 0.466. The molecule has 1 aromatic heterocycles. The molecule has 0 saturated carbocycles. The Hall–Kier alpha value is -1.36. The highest BCUT2D eigenvalue weighted by Gasteiger charge is 2.16. The van der Waals surface area contributed by atoms with Crippen LogP contribution in [0, 0.1) is 0 Å². The summed E-state index contributed by atoms with van der Waals surface area (Å²) in [6.45, 7) is 1.96. The molecule has 2 rings (SSSR count). The van der Waals surface area contributed by atoms with E-state index in [2.05, 4.69) is 20.6 Å². The van der Waals surface area contributed by atoms with Crippen LogP contribution in [0.2, 0.25) is 0 Å². The number of nitrogens with two attached hydrogens (primary N) is 1. The van der Waals surface area contributed by atoms with Crippen molar-refractivity contribution in [2.24, 2.45) is 0 Å². The first-order valence-corrected chi connectivity index (χ1v) is 3.89. The molecule has 0 unspecified atom stereocenters. The fourth-order valence-electron chi connectivity index (χ4n) is 0.986. The maximum Gasteiger partial charge on any atom is 0.223 e. The van der Waals surface area contributed by atoms with Gasteiger partial charge < -0.3 is 16.4 Å². The fraction of sp³-hybridized carbons (Fsp3) is 0.429. The van der Waals surface area contributed by atoms with Gasteiger partial charge in [0.15, 0.2) is 0 Å². The maximum absolute atomic E-state index is 5.44. The lowest BCUT2D eigenvalue weighted by molar-refractivity contribution is 0.470. The second-order valence-electron chi connectivity index (χ2n) is 2.84. The van der Waals surface area contributed by atoms with Crippen molar-refractivity contribution in [3.05, 3.63) is 12.4 Å². The lowest BCUT2D eigenvalue weighted by atomic mass is 10.2. The highest BCUT2D eigenvalue weighted by atomic mass is 15.2. The molecule has 5 nitrogen and oxygen atoms in total. The van der Waals surface area contributed by atoms with E-state index in [1.54, 1.807) is 12.4 Å². The molecule has 4 N–H and O–H groups in total. The second kappa shape index (κ2) is 2.94. The van der Waals surface area contributed by atoms with Crippen LogP contribution >= 0.6 is 0 Å². The van der Waals surface area contributed by atoms with Gasteiger partial charge in [-0.05, 0) is 0 Å². The van der Waals surface area contributed by atoms with Crippen molar-refractivity contribution < 1.29 is 0 Å². The molecule has 0 spiro atoms. The predicted molar refractivity (Wildman–Crippen MR) is 46.7 cm³/mol. The zero-order valence-electron chi connectivity index (χ0n) is 6.62. The van der Waals surface area contributed by atoms with Gasteiger partial charge in [0.2, 0.25) is 5.95 Å². The third-order valence-electron chi connectivity index (χ3n) is 1.79. The molecule has 64 valence electrons. The average Bonchev–Trinajstić information content (AvgIpc) is 2.00. The van der Waals surface area contributed by atoms with E-state index in [0.29, 0.717) is 17.7 Å². The molecule has 0 amide bonds. The van der Waals surface area contributed by atoms with Gasteiger partial charge in [0.05, 0.1) is 24.1 Å². The summed E-state index contributed by atoms with van der Waals surface area (Å²) in [4.78, 5) is 8.05. The summed E-state index contributed by atoms with van der Waals surface area (Å²) in [5.41, 5.74) is 6.03. The van der Waals surface area contributed by atoms with E-state index in [1.807, 2.05) is 0 Å². The minimum Gasteiger partial charge on any atom is -0.396 e. The number of aromatic nitrogens is 2. The predicted octanol–water partition coefficient (Wildman–Crippen LogP) is -0.557. The number of hydrogen-bond acceptors (Lipinski definition) is 5.